The zero-order chi connectivity index (χ0) is 18.0. The molecule has 0 radical (unpaired) electrons. The van der Waals surface area contributed by atoms with E-state index in [2.05, 4.69) is 15.3 Å². The Bertz CT molecular complexity index is 965. The number of halogens is 2. The van der Waals surface area contributed by atoms with E-state index in [1.165, 1.54) is 18.3 Å². The van der Waals surface area contributed by atoms with Gasteiger partial charge in [0.05, 0.1) is 34.4 Å². The van der Waals surface area contributed by atoms with Gasteiger partial charge < -0.3 is 15.5 Å². The van der Waals surface area contributed by atoms with Crippen LogP contribution in [0, 0.1) is 5.82 Å². The number of fused-ring (bicyclic) bond motifs is 1. The number of nitrogens with one attached hydrogen (secondary N) is 1. The van der Waals surface area contributed by atoms with Gasteiger partial charge >= 0.3 is 0 Å². The number of hydrogen-bond donors (Lipinski definition) is 3. The molecule has 3 N–H and O–H groups in total. The molecule has 8 heteroatoms. The van der Waals surface area contributed by atoms with Crippen molar-refractivity contribution in [2.75, 3.05) is 18.5 Å². The maximum atomic E-state index is 14.0. The molecule has 0 fully saturated rings. The first-order chi connectivity index (χ1) is 12.0. The quantitative estimate of drug-likeness (QED) is 0.605. The van der Waals surface area contributed by atoms with Gasteiger partial charge in [-0.25, -0.2) is 9.37 Å². The number of aromatic hydroxyl groups is 1. The van der Waals surface area contributed by atoms with Crippen LogP contribution in [0.3, 0.4) is 0 Å². The molecule has 0 saturated heterocycles. The van der Waals surface area contributed by atoms with Crippen LogP contribution >= 0.6 is 11.6 Å². The number of ketones is 1. The van der Waals surface area contributed by atoms with Crippen molar-refractivity contribution in [1.82, 2.24) is 9.97 Å². The second-order valence-electron chi connectivity index (χ2n) is 5.19. The number of phenolic OH excluding ortho intramolecular Hbond substituents is 1. The molecule has 1 aromatic heterocycles. The van der Waals surface area contributed by atoms with Gasteiger partial charge in [0.1, 0.15) is 17.4 Å². The Hall–Kier alpha value is -2.77. The van der Waals surface area contributed by atoms with Crippen molar-refractivity contribution in [3.63, 3.8) is 0 Å². The molecule has 0 amide bonds. The molecule has 0 aliphatic heterocycles. The normalized spacial score (nSPS) is 10.8. The van der Waals surface area contributed by atoms with Crippen molar-refractivity contribution in [3.05, 3.63) is 58.5 Å². The molecule has 0 saturated carbocycles. The fraction of sp³-hybridized carbons (Fsp3) is 0.118. The maximum Gasteiger partial charge on any atom is 0.197 e. The monoisotopic (exact) mass is 361 g/mol. The Morgan fingerprint density at radius 1 is 1.24 bits per heavy atom. The molecule has 3 rings (SSSR count). The second-order valence-corrected chi connectivity index (χ2v) is 5.57. The third-order valence-corrected chi connectivity index (χ3v) is 3.90. The lowest BCUT2D eigenvalue weighted by Gasteiger charge is -2.08. The standard InChI is InChI=1S/C17H13ClFN3O3/c18-16-13(24)4-2-10(19)15(16)17(25)9-1-3-11-12(7-9)22-14(8-21-11)20-5-6-23/h1-4,7-8,23-24H,5-6H2,(H,20,22). The molecule has 0 atom stereocenters. The Balaban J connectivity index is 2.03. The first-order valence-corrected chi connectivity index (χ1v) is 7.72. The number of aromatic nitrogens is 2. The Labute approximate surface area is 146 Å². The number of benzene rings is 2. The Morgan fingerprint density at radius 2 is 2.04 bits per heavy atom. The molecule has 0 bridgehead atoms. The van der Waals surface area contributed by atoms with Crippen LogP contribution in [0.5, 0.6) is 5.75 Å². The van der Waals surface area contributed by atoms with E-state index in [4.69, 9.17) is 16.7 Å². The van der Waals surface area contributed by atoms with Crippen LogP contribution in [0.15, 0.2) is 36.5 Å². The van der Waals surface area contributed by atoms with Crippen LogP contribution in [-0.4, -0.2) is 39.1 Å². The Kier molecular flexibility index (Phi) is 4.78. The Morgan fingerprint density at radius 3 is 2.80 bits per heavy atom. The molecule has 1 heterocycles. The van der Waals surface area contributed by atoms with Crippen molar-refractivity contribution in [3.8, 4) is 5.75 Å². The molecule has 25 heavy (non-hydrogen) atoms. The lowest BCUT2D eigenvalue weighted by molar-refractivity contribution is 0.103. The smallest absolute Gasteiger partial charge is 0.197 e. The highest BCUT2D eigenvalue weighted by Crippen LogP contribution is 2.31. The average Bonchev–Trinajstić information content (AvgIpc) is 2.62. The van der Waals surface area contributed by atoms with E-state index < -0.39 is 17.2 Å². The molecular weight excluding hydrogens is 349 g/mol. The van der Waals surface area contributed by atoms with Crippen molar-refractivity contribution in [2.45, 2.75) is 0 Å². The van der Waals surface area contributed by atoms with Gasteiger partial charge in [0, 0.05) is 12.1 Å². The number of carbonyl (C=O) groups excluding carboxylic acids is 1. The number of nitrogens with zero attached hydrogens (tertiary/aromatic N) is 2. The summed E-state index contributed by atoms with van der Waals surface area (Å²) in [7, 11) is 0. The van der Waals surface area contributed by atoms with E-state index in [-0.39, 0.29) is 22.9 Å². The van der Waals surface area contributed by atoms with E-state index in [0.29, 0.717) is 23.4 Å². The minimum Gasteiger partial charge on any atom is -0.506 e. The van der Waals surface area contributed by atoms with Gasteiger partial charge in [-0.3, -0.25) is 9.78 Å². The summed E-state index contributed by atoms with van der Waals surface area (Å²) >= 11 is 5.87. The molecule has 0 aliphatic rings. The molecule has 0 aliphatic carbocycles. The predicted octanol–water partition coefficient (Wildman–Crippen LogP) is 2.76. The molecule has 6 nitrogen and oxygen atoms in total. The zero-order valence-electron chi connectivity index (χ0n) is 12.8. The van der Waals surface area contributed by atoms with Crippen molar-refractivity contribution >= 4 is 34.2 Å². The zero-order valence-corrected chi connectivity index (χ0v) is 13.6. The number of aliphatic hydroxyl groups excluding tert-OH is 1. The van der Waals surface area contributed by atoms with E-state index >= 15 is 0 Å². The summed E-state index contributed by atoms with van der Waals surface area (Å²) in [4.78, 5) is 21.1. The lowest BCUT2D eigenvalue weighted by Crippen LogP contribution is -2.08. The number of anilines is 1. The molecule has 0 unspecified atom stereocenters. The highest BCUT2D eigenvalue weighted by molar-refractivity contribution is 6.36. The van der Waals surface area contributed by atoms with Crippen molar-refractivity contribution in [1.29, 1.82) is 0 Å². The van der Waals surface area contributed by atoms with E-state index in [0.717, 1.165) is 12.1 Å². The summed E-state index contributed by atoms with van der Waals surface area (Å²) in [5.74, 6) is -1.43. The largest absolute Gasteiger partial charge is 0.506 e. The predicted molar refractivity (Wildman–Crippen MR) is 91.6 cm³/mol. The number of phenols is 1. The van der Waals surface area contributed by atoms with Crippen molar-refractivity contribution < 1.29 is 19.4 Å². The highest BCUT2D eigenvalue weighted by Gasteiger charge is 2.21. The van der Waals surface area contributed by atoms with Crippen LogP contribution in [0.2, 0.25) is 5.02 Å². The van der Waals surface area contributed by atoms with E-state index in [1.54, 1.807) is 6.07 Å². The van der Waals surface area contributed by atoms with Gasteiger partial charge in [-0.15, -0.1) is 0 Å². The summed E-state index contributed by atoms with van der Waals surface area (Å²) in [5.41, 5.74) is 0.732. The van der Waals surface area contributed by atoms with Crippen LogP contribution in [-0.2, 0) is 0 Å². The maximum absolute atomic E-state index is 14.0. The molecule has 2 aromatic carbocycles. The number of aliphatic hydroxyl groups is 1. The van der Waals surface area contributed by atoms with Gasteiger partial charge in [-0.2, -0.15) is 0 Å². The van der Waals surface area contributed by atoms with Gasteiger partial charge in [0.2, 0.25) is 0 Å². The summed E-state index contributed by atoms with van der Waals surface area (Å²) in [6.45, 7) is 0.246. The van der Waals surface area contributed by atoms with Crippen LogP contribution in [0.1, 0.15) is 15.9 Å². The first kappa shape index (κ1) is 17.1. The minimum absolute atomic E-state index is 0.0620. The van der Waals surface area contributed by atoms with E-state index in [9.17, 15) is 14.3 Å². The topological polar surface area (TPSA) is 95.3 Å². The van der Waals surface area contributed by atoms with E-state index in [1.807, 2.05) is 0 Å². The molecule has 0 spiro atoms. The van der Waals surface area contributed by atoms with Crippen molar-refractivity contribution in [2.24, 2.45) is 0 Å². The van der Waals surface area contributed by atoms with Gasteiger partial charge in [-0.1, -0.05) is 11.6 Å². The fourth-order valence-corrected chi connectivity index (χ4v) is 2.55. The summed E-state index contributed by atoms with van der Waals surface area (Å²) in [6, 6.07) is 6.60. The summed E-state index contributed by atoms with van der Waals surface area (Å²) in [5, 5.41) is 21.0. The molecule has 3 aromatic rings. The number of rotatable bonds is 5. The highest BCUT2D eigenvalue weighted by atomic mass is 35.5. The van der Waals surface area contributed by atoms with Crippen LogP contribution in [0.25, 0.3) is 11.0 Å². The van der Waals surface area contributed by atoms with Crippen LogP contribution in [0.4, 0.5) is 10.2 Å². The third kappa shape index (κ3) is 3.38. The molecule has 128 valence electrons. The molecular formula is C17H13ClFN3O3. The second kappa shape index (κ2) is 7.00. The fourth-order valence-electron chi connectivity index (χ4n) is 2.32. The third-order valence-electron chi connectivity index (χ3n) is 3.52. The SMILES string of the molecule is O=C(c1ccc2ncc(NCCO)nc2c1)c1c(F)ccc(O)c1Cl. The minimum atomic E-state index is -0.822. The van der Waals surface area contributed by atoms with Gasteiger partial charge in [0.25, 0.3) is 0 Å². The van der Waals surface area contributed by atoms with Crippen LogP contribution < -0.4 is 5.32 Å². The lowest BCUT2D eigenvalue weighted by atomic mass is 10.0. The number of hydrogen-bond acceptors (Lipinski definition) is 6. The van der Waals surface area contributed by atoms with Gasteiger partial charge in [0.15, 0.2) is 5.78 Å². The summed E-state index contributed by atoms with van der Waals surface area (Å²) < 4.78 is 14.0. The average molecular weight is 362 g/mol. The number of carbonyl (C=O) groups is 1. The summed E-state index contributed by atoms with van der Waals surface area (Å²) in [6.07, 6.45) is 1.51. The van der Waals surface area contributed by atoms with Gasteiger partial charge in [-0.05, 0) is 30.3 Å². The first-order valence-electron chi connectivity index (χ1n) is 7.34.